The molecule has 2 aromatic rings. The second-order valence-electron chi connectivity index (χ2n) is 5.74. The van der Waals surface area contributed by atoms with Crippen LogP contribution in [0.15, 0.2) is 53.4 Å². The Morgan fingerprint density at radius 3 is 2.28 bits per heavy atom. The Hall–Kier alpha value is -2.07. The number of sulfone groups is 1. The van der Waals surface area contributed by atoms with Gasteiger partial charge in [-0.2, -0.15) is 5.26 Å². The Morgan fingerprint density at radius 2 is 1.76 bits per heavy atom. The molecular formula is C17H11Cl2NO4S. The summed E-state index contributed by atoms with van der Waals surface area (Å²) in [5.41, 5.74) is -1.65. The number of nitrogens with zero attached hydrogens (tertiary/aromatic N) is 1. The highest BCUT2D eigenvalue weighted by Gasteiger charge is 2.77. The first-order valence-corrected chi connectivity index (χ1v) is 9.45. The van der Waals surface area contributed by atoms with E-state index in [2.05, 4.69) is 0 Å². The van der Waals surface area contributed by atoms with Gasteiger partial charge >= 0.3 is 5.97 Å². The Morgan fingerprint density at radius 1 is 1.12 bits per heavy atom. The summed E-state index contributed by atoms with van der Waals surface area (Å²) in [6.07, 6.45) is 0. The maximum Gasteiger partial charge on any atom is 0.326 e. The van der Waals surface area contributed by atoms with Crippen LogP contribution < -0.4 is 0 Å². The molecule has 0 radical (unpaired) electrons. The van der Waals surface area contributed by atoms with Crippen molar-refractivity contribution in [2.24, 2.45) is 5.41 Å². The van der Waals surface area contributed by atoms with Crippen molar-refractivity contribution in [1.82, 2.24) is 0 Å². The predicted octanol–water partition coefficient (Wildman–Crippen LogP) is 3.53. The molecule has 8 heteroatoms. The quantitative estimate of drug-likeness (QED) is 0.853. The summed E-state index contributed by atoms with van der Waals surface area (Å²) >= 11 is 11.7. The van der Waals surface area contributed by atoms with Gasteiger partial charge in [0.05, 0.1) is 11.0 Å². The Labute approximate surface area is 154 Å². The lowest BCUT2D eigenvalue weighted by molar-refractivity contribution is -0.141. The van der Waals surface area contributed by atoms with Crippen LogP contribution in [-0.4, -0.2) is 24.7 Å². The van der Waals surface area contributed by atoms with Crippen molar-refractivity contribution in [1.29, 1.82) is 5.26 Å². The fourth-order valence-corrected chi connectivity index (χ4v) is 5.70. The lowest BCUT2D eigenvalue weighted by Gasteiger charge is -2.05. The standard InChI is InChI=1S/C17H11Cl2NO4S/c18-11-4-6-13(7-5-11)25(23,24)15-14(17(15,9-20)16(21)22)10-2-1-3-12(19)8-10/h1-8,14-15H,(H,21,22). The average Bonchev–Trinajstić information content (AvgIpc) is 3.27. The van der Waals surface area contributed by atoms with Crippen LogP contribution in [0.5, 0.6) is 0 Å². The van der Waals surface area contributed by atoms with Gasteiger partial charge in [-0.25, -0.2) is 8.42 Å². The zero-order valence-electron chi connectivity index (χ0n) is 12.6. The lowest BCUT2D eigenvalue weighted by Crippen LogP contribution is -2.22. The predicted molar refractivity (Wildman–Crippen MR) is 92.3 cm³/mol. The van der Waals surface area contributed by atoms with E-state index in [0.29, 0.717) is 15.6 Å². The minimum absolute atomic E-state index is 0.0766. The minimum atomic E-state index is -4.06. The molecule has 1 fully saturated rings. The molecule has 2 aromatic carbocycles. The average molecular weight is 396 g/mol. The Bertz CT molecular complexity index is 998. The van der Waals surface area contributed by atoms with Crippen LogP contribution in [0.1, 0.15) is 11.5 Å². The number of hydrogen-bond donors (Lipinski definition) is 1. The number of nitriles is 1. The second kappa shape index (κ2) is 6.03. The van der Waals surface area contributed by atoms with E-state index in [0.717, 1.165) is 0 Å². The minimum Gasteiger partial charge on any atom is -0.480 e. The van der Waals surface area contributed by atoms with Gasteiger partial charge in [-0.05, 0) is 42.0 Å². The van der Waals surface area contributed by atoms with E-state index in [9.17, 15) is 23.6 Å². The van der Waals surface area contributed by atoms with Gasteiger partial charge in [-0.15, -0.1) is 0 Å². The number of aliphatic carboxylic acids is 1. The van der Waals surface area contributed by atoms with Crippen molar-refractivity contribution in [3.05, 3.63) is 64.1 Å². The summed E-state index contributed by atoms with van der Waals surface area (Å²) in [5.74, 6) is -2.48. The van der Waals surface area contributed by atoms with Crippen molar-refractivity contribution in [2.45, 2.75) is 16.1 Å². The van der Waals surface area contributed by atoms with Gasteiger partial charge in [0.1, 0.15) is 5.25 Å². The first kappa shape index (κ1) is 17.7. The van der Waals surface area contributed by atoms with Crippen LogP contribution in [0, 0.1) is 16.7 Å². The smallest absolute Gasteiger partial charge is 0.326 e. The van der Waals surface area contributed by atoms with E-state index in [-0.39, 0.29) is 4.90 Å². The molecule has 5 nitrogen and oxygen atoms in total. The van der Waals surface area contributed by atoms with E-state index < -0.39 is 32.4 Å². The molecule has 0 spiro atoms. The maximum atomic E-state index is 13.0. The normalized spacial score (nSPS) is 25.2. The second-order valence-corrected chi connectivity index (χ2v) is 8.68. The number of hydrogen-bond acceptors (Lipinski definition) is 4. The van der Waals surface area contributed by atoms with Gasteiger partial charge in [-0.3, -0.25) is 4.79 Å². The number of carboxylic acid groups (broad SMARTS) is 1. The molecule has 0 saturated heterocycles. The molecule has 0 bridgehead atoms. The summed E-state index contributed by atoms with van der Waals surface area (Å²) in [6, 6.07) is 13.4. The summed E-state index contributed by atoms with van der Waals surface area (Å²) in [6.45, 7) is 0. The van der Waals surface area contributed by atoms with Crippen molar-refractivity contribution < 1.29 is 18.3 Å². The first-order valence-electron chi connectivity index (χ1n) is 7.14. The molecule has 1 saturated carbocycles. The highest BCUT2D eigenvalue weighted by molar-refractivity contribution is 7.92. The number of carbonyl (C=O) groups is 1. The van der Waals surface area contributed by atoms with E-state index in [4.69, 9.17) is 23.2 Å². The number of rotatable bonds is 4. The molecule has 25 heavy (non-hydrogen) atoms. The first-order chi connectivity index (χ1) is 11.7. The van der Waals surface area contributed by atoms with Crippen LogP contribution in [0.3, 0.4) is 0 Å². The third kappa shape index (κ3) is 2.69. The molecule has 1 N–H and O–H groups in total. The van der Waals surface area contributed by atoms with Crippen LogP contribution in [0.4, 0.5) is 0 Å². The van der Waals surface area contributed by atoms with E-state index in [1.807, 2.05) is 0 Å². The zero-order chi connectivity index (χ0) is 18.4. The van der Waals surface area contributed by atoms with Crippen LogP contribution in [-0.2, 0) is 14.6 Å². The molecule has 128 valence electrons. The molecule has 1 aliphatic carbocycles. The molecule has 0 amide bonds. The Balaban J connectivity index is 2.14. The largest absolute Gasteiger partial charge is 0.480 e. The lowest BCUT2D eigenvalue weighted by atomic mass is 10.0. The summed E-state index contributed by atoms with van der Waals surface area (Å²) in [7, 11) is -4.06. The van der Waals surface area contributed by atoms with Gasteiger partial charge < -0.3 is 5.11 Å². The molecular weight excluding hydrogens is 385 g/mol. The van der Waals surface area contributed by atoms with E-state index >= 15 is 0 Å². The molecule has 3 rings (SSSR count). The molecule has 3 atom stereocenters. The van der Waals surface area contributed by atoms with Gasteiger partial charge in [0.25, 0.3) is 0 Å². The molecule has 0 aliphatic heterocycles. The maximum absolute atomic E-state index is 13.0. The van der Waals surface area contributed by atoms with Crippen molar-refractivity contribution >= 4 is 39.0 Å². The van der Waals surface area contributed by atoms with Crippen molar-refractivity contribution in [2.75, 3.05) is 0 Å². The summed E-state index contributed by atoms with van der Waals surface area (Å²) in [4.78, 5) is 11.7. The van der Waals surface area contributed by atoms with Crippen LogP contribution >= 0.6 is 23.2 Å². The number of benzene rings is 2. The summed E-state index contributed by atoms with van der Waals surface area (Å²) in [5, 5.41) is 18.4. The fraction of sp³-hybridized carbons (Fsp3) is 0.176. The van der Waals surface area contributed by atoms with Crippen molar-refractivity contribution in [3.63, 3.8) is 0 Å². The highest BCUT2D eigenvalue weighted by Crippen LogP contribution is 2.64. The van der Waals surface area contributed by atoms with Gasteiger partial charge in [-0.1, -0.05) is 35.3 Å². The van der Waals surface area contributed by atoms with Crippen LogP contribution in [0.25, 0.3) is 0 Å². The van der Waals surface area contributed by atoms with E-state index in [1.165, 1.54) is 30.3 Å². The van der Waals surface area contributed by atoms with Crippen LogP contribution in [0.2, 0.25) is 10.0 Å². The third-order valence-electron chi connectivity index (χ3n) is 4.36. The Kier molecular flexibility index (Phi) is 4.28. The molecule has 3 unspecified atom stereocenters. The molecule has 0 aromatic heterocycles. The molecule has 1 aliphatic rings. The monoisotopic (exact) mass is 395 g/mol. The van der Waals surface area contributed by atoms with Crippen molar-refractivity contribution in [3.8, 4) is 6.07 Å². The van der Waals surface area contributed by atoms with Gasteiger partial charge in [0.15, 0.2) is 15.3 Å². The molecule has 0 heterocycles. The van der Waals surface area contributed by atoms with Gasteiger partial charge in [0.2, 0.25) is 0 Å². The highest BCUT2D eigenvalue weighted by atomic mass is 35.5. The topological polar surface area (TPSA) is 95.2 Å². The van der Waals surface area contributed by atoms with E-state index in [1.54, 1.807) is 24.3 Å². The SMILES string of the molecule is N#CC1(C(=O)O)C(c2cccc(Cl)c2)C1S(=O)(=O)c1ccc(Cl)cc1. The van der Waals surface area contributed by atoms with Gasteiger partial charge in [0, 0.05) is 16.0 Å². The fourth-order valence-electron chi connectivity index (χ4n) is 3.12. The zero-order valence-corrected chi connectivity index (χ0v) is 14.9. The summed E-state index contributed by atoms with van der Waals surface area (Å²) < 4.78 is 25.9. The number of halogens is 2. The third-order valence-corrected chi connectivity index (χ3v) is 7.08. The number of carboxylic acids is 1.